The van der Waals surface area contributed by atoms with Gasteiger partial charge in [0.05, 0.1) is 0 Å². The Kier molecular flexibility index (Phi) is 5.61. The third-order valence-corrected chi connectivity index (χ3v) is 3.21. The molecule has 1 amide bonds. The van der Waals surface area contributed by atoms with E-state index in [0.717, 1.165) is 17.7 Å². The van der Waals surface area contributed by atoms with Gasteiger partial charge in [0.1, 0.15) is 17.3 Å². The lowest BCUT2D eigenvalue weighted by atomic mass is 10.1. The minimum Gasteiger partial charge on any atom is -0.321 e. The first-order chi connectivity index (χ1) is 10.6. The summed E-state index contributed by atoms with van der Waals surface area (Å²) in [6.07, 6.45) is 0.139. The molecule has 3 nitrogen and oxygen atoms in total. The van der Waals surface area contributed by atoms with Gasteiger partial charge in [0.2, 0.25) is 5.91 Å². The van der Waals surface area contributed by atoms with E-state index in [-0.39, 0.29) is 6.42 Å². The van der Waals surface area contributed by atoms with Gasteiger partial charge in [-0.1, -0.05) is 35.9 Å². The second-order valence-electron chi connectivity index (χ2n) is 5.06. The number of amides is 1. The Morgan fingerprint density at radius 2 is 1.68 bits per heavy atom. The van der Waals surface area contributed by atoms with Crippen molar-refractivity contribution < 1.29 is 13.6 Å². The van der Waals surface area contributed by atoms with Gasteiger partial charge in [-0.3, -0.25) is 4.79 Å². The van der Waals surface area contributed by atoms with Crippen molar-refractivity contribution in [3.8, 4) is 0 Å². The quantitative estimate of drug-likeness (QED) is 0.803. The molecule has 2 N–H and O–H groups in total. The average Bonchev–Trinajstić information content (AvgIpc) is 2.49. The molecule has 0 aliphatic heterocycles. The highest BCUT2D eigenvalue weighted by Crippen LogP contribution is 2.17. The van der Waals surface area contributed by atoms with Crippen molar-refractivity contribution in [3.05, 3.63) is 65.2 Å². The number of rotatable bonds is 6. The summed E-state index contributed by atoms with van der Waals surface area (Å²) in [7, 11) is 0. The molecule has 5 heteroatoms. The van der Waals surface area contributed by atoms with E-state index in [1.165, 1.54) is 11.6 Å². The van der Waals surface area contributed by atoms with Crippen LogP contribution in [0.2, 0.25) is 0 Å². The molecule has 0 radical (unpaired) electrons. The van der Waals surface area contributed by atoms with E-state index in [9.17, 15) is 13.6 Å². The number of nitrogens with one attached hydrogen (secondary N) is 2. The van der Waals surface area contributed by atoms with Gasteiger partial charge in [-0.15, -0.1) is 0 Å². The van der Waals surface area contributed by atoms with Gasteiger partial charge in [0.25, 0.3) is 0 Å². The fourth-order valence-corrected chi connectivity index (χ4v) is 1.96. The van der Waals surface area contributed by atoms with Crippen LogP contribution in [0.5, 0.6) is 0 Å². The summed E-state index contributed by atoms with van der Waals surface area (Å²) in [4.78, 5) is 11.7. The highest BCUT2D eigenvalue weighted by Gasteiger charge is 2.11. The third-order valence-electron chi connectivity index (χ3n) is 3.21. The maximum absolute atomic E-state index is 13.4. The maximum Gasteiger partial charge on any atom is 0.225 e. The zero-order chi connectivity index (χ0) is 15.9. The Morgan fingerprint density at radius 1 is 1.05 bits per heavy atom. The third kappa shape index (κ3) is 4.63. The summed E-state index contributed by atoms with van der Waals surface area (Å²) in [6, 6.07) is 11.5. The molecule has 0 heterocycles. The topological polar surface area (TPSA) is 41.1 Å². The van der Waals surface area contributed by atoms with E-state index in [4.69, 9.17) is 0 Å². The summed E-state index contributed by atoms with van der Waals surface area (Å²) in [6.45, 7) is 3.08. The minimum absolute atomic E-state index is 0.139. The molecule has 0 saturated heterocycles. The first-order valence-electron chi connectivity index (χ1n) is 7.06. The number of anilines is 1. The molecule has 2 aromatic carbocycles. The van der Waals surface area contributed by atoms with Gasteiger partial charge in [0, 0.05) is 19.5 Å². The zero-order valence-corrected chi connectivity index (χ0v) is 12.3. The van der Waals surface area contributed by atoms with Gasteiger partial charge in [-0.05, 0) is 24.6 Å². The first-order valence-corrected chi connectivity index (χ1v) is 7.06. The molecule has 22 heavy (non-hydrogen) atoms. The lowest BCUT2D eigenvalue weighted by Crippen LogP contribution is -2.22. The van der Waals surface area contributed by atoms with Gasteiger partial charge in [-0.25, -0.2) is 8.78 Å². The highest BCUT2D eigenvalue weighted by atomic mass is 19.1. The van der Waals surface area contributed by atoms with Gasteiger partial charge in [-0.2, -0.15) is 0 Å². The Bertz CT molecular complexity index is 621. The van der Waals surface area contributed by atoms with E-state index in [0.29, 0.717) is 13.1 Å². The highest BCUT2D eigenvalue weighted by molar-refractivity contribution is 5.91. The van der Waals surface area contributed by atoms with E-state index in [2.05, 4.69) is 10.6 Å². The van der Waals surface area contributed by atoms with Gasteiger partial charge < -0.3 is 10.6 Å². The van der Waals surface area contributed by atoms with Crippen molar-refractivity contribution in [1.82, 2.24) is 5.32 Å². The normalized spacial score (nSPS) is 10.5. The van der Waals surface area contributed by atoms with Crippen molar-refractivity contribution >= 4 is 11.6 Å². The summed E-state index contributed by atoms with van der Waals surface area (Å²) in [5.74, 6) is -1.98. The van der Waals surface area contributed by atoms with E-state index in [1.54, 1.807) is 0 Å². The largest absolute Gasteiger partial charge is 0.321 e. The van der Waals surface area contributed by atoms with Gasteiger partial charge in [0.15, 0.2) is 0 Å². The van der Waals surface area contributed by atoms with Crippen molar-refractivity contribution in [2.24, 2.45) is 0 Å². The summed E-state index contributed by atoms with van der Waals surface area (Å²) in [5, 5.41) is 5.37. The van der Waals surface area contributed by atoms with E-state index < -0.39 is 23.2 Å². The predicted octanol–water partition coefficient (Wildman–Crippen LogP) is 3.39. The van der Waals surface area contributed by atoms with Crippen LogP contribution in [-0.2, 0) is 11.3 Å². The smallest absolute Gasteiger partial charge is 0.225 e. The van der Waals surface area contributed by atoms with Crippen molar-refractivity contribution in [2.45, 2.75) is 19.9 Å². The Morgan fingerprint density at radius 3 is 2.32 bits per heavy atom. The molecule has 116 valence electrons. The van der Waals surface area contributed by atoms with Crippen LogP contribution >= 0.6 is 0 Å². The Hall–Kier alpha value is -2.27. The average molecular weight is 304 g/mol. The number of carbonyl (C=O) groups is 1. The SMILES string of the molecule is Cc1ccc(CNCCC(=O)Nc2c(F)cccc2F)cc1. The van der Waals surface area contributed by atoms with Crippen molar-refractivity contribution in [1.29, 1.82) is 0 Å². The molecule has 0 aliphatic carbocycles. The van der Waals surface area contributed by atoms with Crippen LogP contribution in [0.3, 0.4) is 0 Å². The second kappa shape index (κ2) is 7.66. The van der Waals surface area contributed by atoms with Crippen LogP contribution in [0, 0.1) is 18.6 Å². The van der Waals surface area contributed by atoms with Crippen LogP contribution < -0.4 is 10.6 Å². The van der Waals surface area contributed by atoms with Crippen LogP contribution in [0.4, 0.5) is 14.5 Å². The predicted molar refractivity (Wildman–Crippen MR) is 82.5 cm³/mol. The number of aryl methyl sites for hydroxylation is 1. The Balaban J connectivity index is 1.75. The number of para-hydroxylation sites is 1. The molecule has 0 unspecified atom stereocenters. The molecule has 0 fully saturated rings. The number of hydrogen-bond acceptors (Lipinski definition) is 2. The minimum atomic E-state index is -0.777. The molecular weight excluding hydrogens is 286 g/mol. The molecular formula is C17H18F2N2O. The molecule has 2 rings (SSSR count). The molecule has 0 bridgehead atoms. The molecule has 0 spiro atoms. The van der Waals surface area contributed by atoms with E-state index >= 15 is 0 Å². The van der Waals surface area contributed by atoms with Crippen molar-refractivity contribution in [3.63, 3.8) is 0 Å². The van der Waals surface area contributed by atoms with E-state index in [1.807, 2.05) is 31.2 Å². The van der Waals surface area contributed by atoms with Crippen LogP contribution in [0.1, 0.15) is 17.5 Å². The lowest BCUT2D eigenvalue weighted by Gasteiger charge is -2.08. The van der Waals surface area contributed by atoms with Crippen molar-refractivity contribution in [2.75, 3.05) is 11.9 Å². The number of carbonyl (C=O) groups excluding carboxylic acids is 1. The molecule has 0 aromatic heterocycles. The molecule has 0 saturated carbocycles. The fraction of sp³-hybridized carbons (Fsp3) is 0.235. The molecule has 0 atom stereocenters. The summed E-state index contributed by atoms with van der Waals surface area (Å²) >= 11 is 0. The summed E-state index contributed by atoms with van der Waals surface area (Å²) < 4.78 is 26.8. The van der Waals surface area contributed by atoms with Crippen LogP contribution in [0.15, 0.2) is 42.5 Å². The standard InChI is InChI=1S/C17H18F2N2O/c1-12-5-7-13(8-6-12)11-20-10-9-16(22)21-17-14(18)3-2-4-15(17)19/h2-8,20H,9-11H2,1H3,(H,21,22). The first kappa shape index (κ1) is 16.1. The molecule has 2 aromatic rings. The Labute approximate surface area is 128 Å². The fourth-order valence-electron chi connectivity index (χ4n) is 1.96. The lowest BCUT2D eigenvalue weighted by molar-refractivity contribution is -0.116. The van der Waals surface area contributed by atoms with Gasteiger partial charge >= 0.3 is 0 Å². The van der Waals surface area contributed by atoms with Crippen LogP contribution in [-0.4, -0.2) is 12.5 Å². The second-order valence-corrected chi connectivity index (χ2v) is 5.06. The van der Waals surface area contributed by atoms with Crippen LogP contribution in [0.25, 0.3) is 0 Å². The number of benzene rings is 2. The maximum atomic E-state index is 13.4. The monoisotopic (exact) mass is 304 g/mol. The number of hydrogen-bond donors (Lipinski definition) is 2. The summed E-state index contributed by atoms with van der Waals surface area (Å²) in [5.41, 5.74) is 1.91. The molecule has 0 aliphatic rings. The zero-order valence-electron chi connectivity index (χ0n) is 12.3. The number of halogens is 2.